The monoisotopic (exact) mass is 267 g/mol. The zero-order valence-corrected chi connectivity index (χ0v) is 10.3. The average Bonchev–Trinajstić information content (AvgIpc) is 3.18. The van der Waals surface area contributed by atoms with Crippen LogP contribution in [0, 0.1) is 11.6 Å². The van der Waals surface area contributed by atoms with Crippen molar-refractivity contribution in [2.24, 2.45) is 10.1 Å². The van der Waals surface area contributed by atoms with Crippen LogP contribution < -0.4 is 5.43 Å². The zero-order valence-electron chi connectivity index (χ0n) is 9.49. The summed E-state index contributed by atoms with van der Waals surface area (Å²) in [6.45, 7) is 0. The van der Waals surface area contributed by atoms with E-state index >= 15 is 0 Å². The summed E-state index contributed by atoms with van der Waals surface area (Å²) in [6, 6.07) is 4.26. The highest BCUT2D eigenvalue weighted by molar-refractivity contribution is 8.14. The van der Waals surface area contributed by atoms with Crippen LogP contribution in [0.5, 0.6) is 0 Å². The van der Waals surface area contributed by atoms with Crippen molar-refractivity contribution >= 4 is 22.6 Å². The molecule has 3 nitrogen and oxygen atoms in total. The quantitative estimate of drug-likeness (QED) is 0.894. The largest absolute Gasteiger partial charge is 0.258 e. The molecule has 1 aromatic carbocycles. The maximum atomic E-state index is 13.1. The van der Waals surface area contributed by atoms with Crippen molar-refractivity contribution in [2.45, 2.75) is 18.9 Å². The van der Waals surface area contributed by atoms with Gasteiger partial charge in [0.05, 0.1) is 11.8 Å². The molecule has 1 fully saturated rings. The molecule has 0 atom stereocenters. The second kappa shape index (κ2) is 4.68. The molecule has 1 aromatic rings. The number of aliphatic imine (C=N–C) groups is 1. The van der Waals surface area contributed by atoms with Crippen LogP contribution in [0.2, 0.25) is 0 Å². The van der Waals surface area contributed by atoms with Gasteiger partial charge in [0.1, 0.15) is 0 Å². The second-order valence-corrected chi connectivity index (χ2v) is 5.22. The van der Waals surface area contributed by atoms with Gasteiger partial charge in [0.2, 0.25) is 0 Å². The number of hydrogen-bond donors (Lipinski definition) is 1. The summed E-state index contributed by atoms with van der Waals surface area (Å²) in [5, 5.41) is 4.97. The van der Waals surface area contributed by atoms with Gasteiger partial charge in [-0.2, -0.15) is 5.10 Å². The van der Waals surface area contributed by atoms with E-state index in [0.717, 1.165) is 24.1 Å². The summed E-state index contributed by atoms with van der Waals surface area (Å²) in [6.07, 6.45) is 2.29. The second-order valence-electron chi connectivity index (χ2n) is 4.25. The number of benzene rings is 1. The Hall–Kier alpha value is -1.43. The highest BCUT2D eigenvalue weighted by Gasteiger charge is 2.22. The Morgan fingerprint density at radius 2 is 2.11 bits per heavy atom. The molecule has 94 valence electrons. The number of thioether (sulfide) groups is 1. The van der Waals surface area contributed by atoms with Gasteiger partial charge in [-0.05, 0) is 31.0 Å². The fraction of sp³-hybridized carbons (Fsp3) is 0.333. The predicted molar refractivity (Wildman–Crippen MR) is 68.9 cm³/mol. The van der Waals surface area contributed by atoms with Gasteiger partial charge in [0.15, 0.2) is 16.8 Å². The molecule has 1 saturated carbocycles. The molecule has 0 saturated heterocycles. The minimum atomic E-state index is -0.849. The molecule has 0 amide bonds. The van der Waals surface area contributed by atoms with E-state index in [1.807, 2.05) is 0 Å². The van der Waals surface area contributed by atoms with Gasteiger partial charge in [0, 0.05) is 11.3 Å². The summed E-state index contributed by atoms with van der Waals surface area (Å²) in [4.78, 5) is 4.43. The first-order chi connectivity index (χ1) is 8.72. The molecule has 0 aromatic heterocycles. The number of hydrogen-bond acceptors (Lipinski definition) is 3. The SMILES string of the molecule is Fc1ccc(C2=NNC(=NC3CC3)SC2)cc1F. The van der Waals surface area contributed by atoms with Crippen LogP contribution in [0.15, 0.2) is 28.3 Å². The standard InChI is InChI=1S/C12H11F2N3S/c13-9-4-1-7(5-10(9)14)11-6-18-12(17-16-11)15-8-2-3-8/h1,4-5,8H,2-3,6H2,(H,15,17). The lowest BCUT2D eigenvalue weighted by atomic mass is 10.1. The van der Waals surface area contributed by atoms with Gasteiger partial charge >= 0.3 is 0 Å². The Bertz CT molecular complexity index is 538. The summed E-state index contributed by atoms with van der Waals surface area (Å²) in [7, 11) is 0. The molecule has 0 spiro atoms. The number of amidine groups is 1. The highest BCUT2D eigenvalue weighted by Crippen LogP contribution is 2.25. The molecule has 0 bridgehead atoms. The Morgan fingerprint density at radius 3 is 2.72 bits per heavy atom. The van der Waals surface area contributed by atoms with Gasteiger partial charge < -0.3 is 0 Å². The lowest BCUT2D eigenvalue weighted by molar-refractivity contribution is 0.508. The zero-order chi connectivity index (χ0) is 12.5. The molecule has 1 heterocycles. The van der Waals surface area contributed by atoms with Crippen molar-refractivity contribution in [3.8, 4) is 0 Å². The fourth-order valence-corrected chi connectivity index (χ4v) is 2.41. The van der Waals surface area contributed by atoms with E-state index in [-0.39, 0.29) is 0 Å². The molecule has 0 unspecified atom stereocenters. The van der Waals surface area contributed by atoms with E-state index in [4.69, 9.17) is 0 Å². The van der Waals surface area contributed by atoms with Crippen LogP contribution in [-0.4, -0.2) is 22.7 Å². The third-order valence-electron chi connectivity index (χ3n) is 2.73. The lowest BCUT2D eigenvalue weighted by Crippen LogP contribution is -2.25. The molecular formula is C12H11F2N3S. The first-order valence-corrected chi connectivity index (χ1v) is 6.69. The fourth-order valence-electron chi connectivity index (χ4n) is 1.58. The Balaban J connectivity index is 1.77. The predicted octanol–water partition coefficient (Wildman–Crippen LogP) is 2.52. The third kappa shape index (κ3) is 2.53. The van der Waals surface area contributed by atoms with Crippen LogP contribution in [0.1, 0.15) is 18.4 Å². The van der Waals surface area contributed by atoms with E-state index < -0.39 is 11.6 Å². The van der Waals surface area contributed by atoms with Crippen molar-refractivity contribution in [3.05, 3.63) is 35.4 Å². The van der Waals surface area contributed by atoms with Crippen molar-refractivity contribution in [2.75, 3.05) is 5.75 Å². The van der Waals surface area contributed by atoms with Crippen molar-refractivity contribution in [3.63, 3.8) is 0 Å². The number of nitrogens with one attached hydrogen (secondary N) is 1. The lowest BCUT2D eigenvalue weighted by Gasteiger charge is -2.14. The Labute approximate surface area is 107 Å². The number of rotatable bonds is 2. The minimum absolute atomic E-state index is 0.444. The van der Waals surface area contributed by atoms with E-state index in [1.165, 1.54) is 23.9 Å². The van der Waals surface area contributed by atoms with Crippen LogP contribution in [0.4, 0.5) is 8.78 Å². The number of nitrogens with zero attached hydrogens (tertiary/aromatic N) is 2. The van der Waals surface area contributed by atoms with Crippen LogP contribution in [-0.2, 0) is 0 Å². The van der Waals surface area contributed by atoms with Crippen LogP contribution >= 0.6 is 11.8 Å². The first-order valence-electron chi connectivity index (χ1n) is 5.71. The van der Waals surface area contributed by atoms with Gasteiger partial charge in [-0.25, -0.2) is 8.78 Å². The summed E-state index contributed by atoms with van der Waals surface area (Å²) in [5.41, 5.74) is 4.16. The Kier molecular flexibility index (Phi) is 3.03. The third-order valence-corrected chi connectivity index (χ3v) is 3.62. The van der Waals surface area contributed by atoms with Gasteiger partial charge in [0.25, 0.3) is 0 Å². The normalized spacial score (nSPS) is 21.7. The number of halogens is 2. The van der Waals surface area contributed by atoms with Crippen molar-refractivity contribution in [1.29, 1.82) is 0 Å². The molecule has 0 radical (unpaired) electrons. The maximum Gasteiger partial charge on any atom is 0.177 e. The maximum absolute atomic E-state index is 13.1. The van der Waals surface area contributed by atoms with Crippen molar-refractivity contribution in [1.82, 2.24) is 5.43 Å². The molecule has 18 heavy (non-hydrogen) atoms. The molecule has 1 aliphatic heterocycles. The molecule has 2 aliphatic rings. The topological polar surface area (TPSA) is 36.8 Å². The van der Waals surface area contributed by atoms with E-state index in [0.29, 0.717) is 23.1 Å². The summed E-state index contributed by atoms with van der Waals surface area (Å²) in [5.74, 6) is -1.08. The van der Waals surface area contributed by atoms with Crippen molar-refractivity contribution < 1.29 is 8.78 Å². The van der Waals surface area contributed by atoms with E-state index in [1.54, 1.807) is 0 Å². The highest BCUT2D eigenvalue weighted by atomic mass is 32.2. The Morgan fingerprint density at radius 1 is 1.28 bits per heavy atom. The molecular weight excluding hydrogens is 256 g/mol. The molecule has 3 rings (SSSR count). The smallest absolute Gasteiger partial charge is 0.177 e. The first kappa shape index (κ1) is 11.6. The minimum Gasteiger partial charge on any atom is -0.258 e. The molecule has 1 N–H and O–H groups in total. The van der Waals surface area contributed by atoms with E-state index in [9.17, 15) is 8.78 Å². The summed E-state index contributed by atoms with van der Waals surface area (Å²) < 4.78 is 25.9. The molecule has 1 aliphatic carbocycles. The van der Waals surface area contributed by atoms with E-state index in [2.05, 4.69) is 15.5 Å². The van der Waals surface area contributed by atoms with Crippen LogP contribution in [0.25, 0.3) is 0 Å². The average molecular weight is 267 g/mol. The molecule has 6 heteroatoms. The van der Waals surface area contributed by atoms with Crippen LogP contribution in [0.3, 0.4) is 0 Å². The van der Waals surface area contributed by atoms with Gasteiger partial charge in [-0.1, -0.05) is 11.8 Å². The van der Waals surface area contributed by atoms with Gasteiger partial charge in [-0.15, -0.1) is 0 Å². The summed E-state index contributed by atoms with van der Waals surface area (Å²) >= 11 is 1.54. The van der Waals surface area contributed by atoms with Gasteiger partial charge in [-0.3, -0.25) is 10.4 Å². The number of hydrazone groups is 1.